The van der Waals surface area contributed by atoms with Gasteiger partial charge in [-0.3, -0.25) is 14.5 Å². The zero-order chi connectivity index (χ0) is 14.1. The van der Waals surface area contributed by atoms with Crippen LogP contribution in [0.4, 0.5) is 4.79 Å². The van der Waals surface area contributed by atoms with E-state index in [1.54, 1.807) is 27.7 Å². The Morgan fingerprint density at radius 1 is 1.44 bits per heavy atom. The number of carbonyl (C=O) groups excluding carboxylic acids is 3. The van der Waals surface area contributed by atoms with Crippen LogP contribution >= 0.6 is 0 Å². The zero-order valence-corrected chi connectivity index (χ0v) is 11.0. The highest BCUT2D eigenvalue weighted by atomic mass is 16.3. The molecule has 0 atom stereocenters. The zero-order valence-electron chi connectivity index (χ0n) is 11.0. The molecule has 0 aromatic rings. The van der Waals surface area contributed by atoms with Crippen molar-refractivity contribution in [2.24, 2.45) is 0 Å². The maximum absolute atomic E-state index is 11.8. The maximum atomic E-state index is 11.8. The SMILES string of the molecule is CC(C)(CO)NC(=O)CN1C(=O)NC(C)(C)C1=O. The van der Waals surface area contributed by atoms with Crippen molar-refractivity contribution < 1.29 is 19.5 Å². The molecule has 4 amide bonds. The number of aliphatic hydroxyl groups excluding tert-OH is 1. The van der Waals surface area contributed by atoms with Gasteiger partial charge in [-0.2, -0.15) is 0 Å². The first-order valence-corrected chi connectivity index (χ1v) is 5.65. The highest BCUT2D eigenvalue weighted by Crippen LogP contribution is 2.16. The molecule has 18 heavy (non-hydrogen) atoms. The molecule has 0 aliphatic carbocycles. The third-order valence-electron chi connectivity index (χ3n) is 2.62. The molecule has 0 saturated carbocycles. The summed E-state index contributed by atoms with van der Waals surface area (Å²) in [6, 6.07) is -0.582. The molecule has 7 nitrogen and oxygen atoms in total. The van der Waals surface area contributed by atoms with E-state index in [0.717, 1.165) is 4.90 Å². The van der Waals surface area contributed by atoms with E-state index in [2.05, 4.69) is 10.6 Å². The second-order valence-corrected chi connectivity index (χ2v) is 5.54. The van der Waals surface area contributed by atoms with Gasteiger partial charge >= 0.3 is 6.03 Å². The van der Waals surface area contributed by atoms with Crippen molar-refractivity contribution in [3.8, 4) is 0 Å². The predicted molar refractivity (Wildman–Crippen MR) is 63.6 cm³/mol. The van der Waals surface area contributed by atoms with Crippen molar-refractivity contribution in [1.82, 2.24) is 15.5 Å². The Morgan fingerprint density at radius 3 is 2.39 bits per heavy atom. The summed E-state index contributed by atoms with van der Waals surface area (Å²) in [5, 5.41) is 14.0. The largest absolute Gasteiger partial charge is 0.394 e. The van der Waals surface area contributed by atoms with E-state index in [0.29, 0.717) is 0 Å². The van der Waals surface area contributed by atoms with Gasteiger partial charge < -0.3 is 15.7 Å². The van der Waals surface area contributed by atoms with E-state index >= 15 is 0 Å². The van der Waals surface area contributed by atoms with Gasteiger partial charge in [0.15, 0.2) is 0 Å². The number of hydrogen-bond acceptors (Lipinski definition) is 4. The lowest BCUT2D eigenvalue weighted by Crippen LogP contribution is -2.51. The summed E-state index contributed by atoms with van der Waals surface area (Å²) in [4.78, 5) is 35.9. The number of hydrogen-bond donors (Lipinski definition) is 3. The van der Waals surface area contributed by atoms with Crippen LogP contribution in [0.2, 0.25) is 0 Å². The Labute approximate surface area is 106 Å². The van der Waals surface area contributed by atoms with Gasteiger partial charge in [-0.05, 0) is 27.7 Å². The van der Waals surface area contributed by atoms with Gasteiger partial charge in [0.1, 0.15) is 12.1 Å². The number of nitrogens with zero attached hydrogens (tertiary/aromatic N) is 1. The molecule has 0 radical (unpaired) electrons. The van der Waals surface area contributed by atoms with Gasteiger partial charge in [-0.25, -0.2) is 4.79 Å². The summed E-state index contributed by atoms with van der Waals surface area (Å²) < 4.78 is 0. The molecular formula is C11H19N3O4. The Balaban J connectivity index is 2.66. The molecule has 1 heterocycles. The Morgan fingerprint density at radius 2 is 2.00 bits per heavy atom. The van der Waals surface area contributed by atoms with Gasteiger partial charge in [0.05, 0.1) is 12.1 Å². The third kappa shape index (κ3) is 2.98. The van der Waals surface area contributed by atoms with Crippen LogP contribution in [0.1, 0.15) is 27.7 Å². The van der Waals surface area contributed by atoms with Crippen LogP contribution in [0.3, 0.4) is 0 Å². The van der Waals surface area contributed by atoms with E-state index in [4.69, 9.17) is 5.11 Å². The van der Waals surface area contributed by atoms with E-state index in [1.165, 1.54) is 0 Å². The number of rotatable bonds is 4. The van der Waals surface area contributed by atoms with Crippen molar-refractivity contribution in [3.63, 3.8) is 0 Å². The highest BCUT2D eigenvalue weighted by molar-refractivity contribution is 6.08. The van der Waals surface area contributed by atoms with Crippen LogP contribution in [0, 0.1) is 0 Å². The lowest BCUT2D eigenvalue weighted by molar-refractivity contribution is -0.134. The Hall–Kier alpha value is -1.63. The molecule has 0 aromatic carbocycles. The average Bonchev–Trinajstić information content (AvgIpc) is 2.40. The number of nitrogens with one attached hydrogen (secondary N) is 2. The number of aliphatic hydroxyl groups is 1. The summed E-state index contributed by atoms with van der Waals surface area (Å²) >= 11 is 0. The fourth-order valence-corrected chi connectivity index (χ4v) is 1.56. The third-order valence-corrected chi connectivity index (χ3v) is 2.62. The molecule has 0 bridgehead atoms. The lowest BCUT2D eigenvalue weighted by Gasteiger charge is -2.24. The van der Waals surface area contributed by atoms with Crippen LogP contribution in [0.5, 0.6) is 0 Å². The molecule has 0 unspecified atom stereocenters. The lowest BCUT2D eigenvalue weighted by atomic mass is 10.1. The van der Waals surface area contributed by atoms with Crippen LogP contribution in [-0.4, -0.2) is 52.1 Å². The standard InChI is InChI=1S/C11H19N3O4/c1-10(2,6-15)12-7(16)5-14-8(17)11(3,4)13-9(14)18/h15H,5-6H2,1-4H3,(H,12,16)(H,13,18). The van der Waals surface area contributed by atoms with Gasteiger partial charge in [0, 0.05) is 0 Å². The summed E-state index contributed by atoms with van der Waals surface area (Å²) in [7, 11) is 0. The minimum absolute atomic E-state index is 0.232. The first-order chi connectivity index (χ1) is 8.09. The van der Waals surface area contributed by atoms with Crippen LogP contribution in [0.15, 0.2) is 0 Å². The molecule has 1 fully saturated rings. The van der Waals surface area contributed by atoms with E-state index < -0.39 is 28.9 Å². The van der Waals surface area contributed by atoms with Gasteiger partial charge in [-0.15, -0.1) is 0 Å². The van der Waals surface area contributed by atoms with Crippen molar-refractivity contribution in [1.29, 1.82) is 0 Å². The Kier molecular flexibility index (Phi) is 3.66. The van der Waals surface area contributed by atoms with E-state index in [-0.39, 0.29) is 13.2 Å². The molecule has 1 rings (SSSR count). The van der Waals surface area contributed by atoms with Crippen LogP contribution < -0.4 is 10.6 Å². The summed E-state index contributed by atoms with van der Waals surface area (Å²) in [6.07, 6.45) is 0. The normalized spacial score (nSPS) is 18.8. The van der Waals surface area contributed by atoms with Crippen molar-refractivity contribution in [3.05, 3.63) is 0 Å². The van der Waals surface area contributed by atoms with Crippen molar-refractivity contribution in [2.75, 3.05) is 13.2 Å². The molecule has 0 aromatic heterocycles. The molecule has 7 heteroatoms. The first-order valence-electron chi connectivity index (χ1n) is 5.65. The monoisotopic (exact) mass is 257 g/mol. The van der Waals surface area contributed by atoms with Crippen molar-refractivity contribution >= 4 is 17.8 Å². The molecule has 102 valence electrons. The topological polar surface area (TPSA) is 98.7 Å². The molecule has 1 aliphatic heterocycles. The van der Waals surface area contributed by atoms with Crippen LogP contribution in [-0.2, 0) is 9.59 Å². The average molecular weight is 257 g/mol. The second kappa shape index (κ2) is 4.56. The number of urea groups is 1. The Bertz CT molecular complexity index is 390. The smallest absolute Gasteiger partial charge is 0.325 e. The van der Waals surface area contributed by atoms with E-state index in [9.17, 15) is 14.4 Å². The fraction of sp³-hybridized carbons (Fsp3) is 0.727. The predicted octanol–water partition coefficient (Wildman–Crippen LogP) is -0.796. The fourth-order valence-electron chi connectivity index (χ4n) is 1.56. The van der Waals surface area contributed by atoms with Gasteiger partial charge in [0.2, 0.25) is 5.91 Å². The van der Waals surface area contributed by atoms with Crippen molar-refractivity contribution in [2.45, 2.75) is 38.8 Å². The quantitative estimate of drug-likeness (QED) is 0.574. The summed E-state index contributed by atoms with van der Waals surface area (Å²) in [5.41, 5.74) is -1.77. The van der Waals surface area contributed by atoms with Gasteiger partial charge in [-0.1, -0.05) is 0 Å². The minimum atomic E-state index is -0.982. The number of carbonyl (C=O) groups is 3. The molecule has 3 N–H and O–H groups in total. The summed E-state index contributed by atoms with van der Waals surface area (Å²) in [6.45, 7) is 5.84. The second-order valence-electron chi connectivity index (χ2n) is 5.54. The number of amides is 4. The number of imide groups is 1. The molecule has 1 saturated heterocycles. The highest BCUT2D eigenvalue weighted by Gasteiger charge is 2.45. The van der Waals surface area contributed by atoms with E-state index in [1.807, 2.05) is 0 Å². The summed E-state index contributed by atoms with van der Waals surface area (Å²) in [5.74, 6) is -0.931. The van der Waals surface area contributed by atoms with Crippen LogP contribution in [0.25, 0.3) is 0 Å². The molecule has 0 spiro atoms. The maximum Gasteiger partial charge on any atom is 0.325 e. The molecular weight excluding hydrogens is 238 g/mol. The van der Waals surface area contributed by atoms with Gasteiger partial charge in [0.25, 0.3) is 5.91 Å². The minimum Gasteiger partial charge on any atom is -0.394 e. The first kappa shape index (κ1) is 14.4. The molecule has 1 aliphatic rings.